The molecule has 3 N–H and O–H groups in total. The monoisotopic (exact) mass is 474 g/mol. The van der Waals surface area contributed by atoms with Gasteiger partial charge in [-0.1, -0.05) is 0 Å². The van der Waals surface area contributed by atoms with Gasteiger partial charge >= 0.3 is 0 Å². The highest BCUT2D eigenvalue weighted by Crippen LogP contribution is 2.17. The average molecular weight is 475 g/mol. The number of benzene rings is 2. The Labute approximate surface area is 192 Å². The minimum Gasteiger partial charge on any atom is -0.379 e. The van der Waals surface area contributed by atoms with Gasteiger partial charge in [-0.15, -0.1) is 0 Å². The lowest BCUT2D eigenvalue weighted by atomic mass is 10.2. The molecule has 0 aliphatic carbocycles. The van der Waals surface area contributed by atoms with E-state index >= 15 is 0 Å². The maximum atomic E-state index is 12.6. The van der Waals surface area contributed by atoms with Gasteiger partial charge in [-0.25, -0.2) is 8.42 Å². The smallest absolute Gasteiger partial charge is 0.251 e. The standard InChI is InChI=1S/C22H26N4O6S/c1-16(27)25-19-6-2-17(3-7-19)21(28)23-10-11-24-22(29)18-4-8-20(9-5-18)33(30,31)26-12-14-32-15-13-26/h2-9H,10-15H2,1H3,(H,23,28)(H,24,29)(H,25,27). The number of hydrogen-bond acceptors (Lipinski definition) is 6. The number of carbonyl (C=O) groups excluding carboxylic acids is 3. The number of nitrogens with zero attached hydrogens (tertiary/aromatic N) is 1. The van der Waals surface area contributed by atoms with Crippen LogP contribution >= 0.6 is 0 Å². The van der Waals surface area contributed by atoms with Gasteiger partial charge in [0.1, 0.15) is 0 Å². The molecular formula is C22H26N4O6S. The molecule has 1 saturated heterocycles. The zero-order valence-corrected chi connectivity index (χ0v) is 19.0. The summed E-state index contributed by atoms with van der Waals surface area (Å²) in [5.74, 6) is -0.883. The summed E-state index contributed by atoms with van der Waals surface area (Å²) in [6, 6.07) is 12.2. The number of sulfonamides is 1. The lowest BCUT2D eigenvalue weighted by molar-refractivity contribution is -0.114. The van der Waals surface area contributed by atoms with E-state index in [0.29, 0.717) is 43.1 Å². The molecule has 0 aromatic heterocycles. The second kappa shape index (κ2) is 11.0. The Bertz CT molecular complexity index is 1090. The molecule has 11 heteroatoms. The van der Waals surface area contributed by atoms with Crippen molar-refractivity contribution < 1.29 is 27.5 Å². The number of amides is 3. The van der Waals surface area contributed by atoms with Crippen molar-refractivity contribution in [2.24, 2.45) is 0 Å². The molecule has 1 heterocycles. The predicted molar refractivity (Wildman–Crippen MR) is 121 cm³/mol. The minimum absolute atomic E-state index is 0.123. The molecule has 3 amide bonds. The maximum absolute atomic E-state index is 12.6. The number of rotatable bonds is 8. The molecule has 2 aromatic rings. The lowest BCUT2D eigenvalue weighted by Crippen LogP contribution is -2.40. The van der Waals surface area contributed by atoms with Crippen LogP contribution in [-0.2, 0) is 19.6 Å². The highest BCUT2D eigenvalue weighted by molar-refractivity contribution is 7.89. The van der Waals surface area contributed by atoms with Gasteiger partial charge < -0.3 is 20.7 Å². The van der Waals surface area contributed by atoms with Gasteiger partial charge in [0, 0.05) is 49.9 Å². The van der Waals surface area contributed by atoms with Gasteiger partial charge in [0.05, 0.1) is 18.1 Å². The summed E-state index contributed by atoms with van der Waals surface area (Å²) >= 11 is 0. The molecule has 0 radical (unpaired) electrons. The number of anilines is 1. The predicted octanol–water partition coefficient (Wildman–Crippen LogP) is 0.826. The van der Waals surface area contributed by atoms with E-state index in [1.807, 2.05) is 0 Å². The van der Waals surface area contributed by atoms with Crippen molar-refractivity contribution in [3.05, 3.63) is 59.7 Å². The fraction of sp³-hybridized carbons (Fsp3) is 0.318. The first-order valence-corrected chi connectivity index (χ1v) is 11.8. The SMILES string of the molecule is CC(=O)Nc1ccc(C(=O)NCCNC(=O)c2ccc(S(=O)(=O)N3CCOCC3)cc2)cc1. The van der Waals surface area contributed by atoms with E-state index in [2.05, 4.69) is 16.0 Å². The van der Waals surface area contributed by atoms with Gasteiger partial charge in [0.2, 0.25) is 15.9 Å². The molecule has 1 fully saturated rings. The summed E-state index contributed by atoms with van der Waals surface area (Å²) in [5.41, 5.74) is 1.33. The third-order valence-electron chi connectivity index (χ3n) is 4.89. The highest BCUT2D eigenvalue weighted by Gasteiger charge is 2.26. The molecule has 0 unspecified atom stereocenters. The summed E-state index contributed by atoms with van der Waals surface area (Å²) < 4.78 is 31.8. The van der Waals surface area contributed by atoms with Crippen LogP contribution in [0.1, 0.15) is 27.6 Å². The maximum Gasteiger partial charge on any atom is 0.251 e. The first kappa shape index (κ1) is 24.4. The first-order valence-electron chi connectivity index (χ1n) is 10.4. The molecule has 176 valence electrons. The summed E-state index contributed by atoms with van der Waals surface area (Å²) in [6.45, 7) is 3.13. The van der Waals surface area contributed by atoms with Gasteiger partial charge in [0.25, 0.3) is 11.8 Å². The zero-order valence-electron chi connectivity index (χ0n) is 18.2. The minimum atomic E-state index is -3.62. The Morgan fingerprint density at radius 1 is 0.848 bits per heavy atom. The van der Waals surface area contributed by atoms with E-state index in [4.69, 9.17) is 4.74 Å². The van der Waals surface area contributed by atoms with Gasteiger partial charge in [-0.05, 0) is 48.5 Å². The number of morpholine rings is 1. The second-order valence-electron chi connectivity index (χ2n) is 7.31. The van der Waals surface area contributed by atoms with Crippen LogP contribution in [0.25, 0.3) is 0 Å². The summed E-state index contributed by atoms with van der Waals surface area (Å²) in [4.78, 5) is 35.6. The van der Waals surface area contributed by atoms with Crippen LogP contribution in [-0.4, -0.2) is 69.8 Å². The molecule has 0 atom stereocenters. The van der Waals surface area contributed by atoms with Crippen LogP contribution in [0.5, 0.6) is 0 Å². The van der Waals surface area contributed by atoms with Crippen LogP contribution in [0.3, 0.4) is 0 Å². The Hall–Kier alpha value is -3.28. The quantitative estimate of drug-likeness (QED) is 0.485. The van der Waals surface area contributed by atoms with Crippen LogP contribution in [0.15, 0.2) is 53.4 Å². The highest BCUT2D eigenvalue weighted by atomic mass is 32.2. The van der Waals surface area contributed by atoms with Crippen molar-refractivity contribution in [2.75, 3.05) is 44.7 Å². The number of carbonyl (C=O) groups is 3. The van der Waals surface area contributed by atoms with Crippen LogP contribution in [0.4, 0.5) is 5.69 Å². The molecule has 3 rings (SSSR count). The molecule has 1 aliphatic heterocycles. The summed E-state index contributed by atoms with van der Waals surface area (Å²) in [6.07, 6.45) is 0. The largest absolute Gasteiger partial charge is 0.379 e. The molecular weight excluding hydrogens is 448 g/mol. The van der Waals surface area contributed by atoms with E-state index in [1.165, 1.54) is 35.5 Å². The third kappa shape index (κ3) is 6.60. The van der Waals surface area contributed by atoms with Gasteiger partial charge in [-0.2, -0.15) is 4.31 Å². The van der Waals surface area contributed by atoms with Crippen LogP contribution in [0, 0.1) is 0 Å². The molecule has 0 saturated carbocycles. The molecule has 0 bridgehead atoms. The lowest BCUT2D eigenvalue weighted by Gasteiger charge is -2.26. The average Bonchev–Trinajstić information content (AvgIpc) is 2.82. The fourth-order valence-corrected chi connectivity index (χ4v) is 4.59. The normalized spacial score (nSPS) is 14.3. The van der Waals surface area contributed by atoms with Crippen LogP contribution < -0.4 is 16.0 Å². The van der Waals surface area contributed by atoms with Crippen molar-refractivity contribution in [1.82, 2.24) is 14.9 Å². The molecule has 33 heavy (non-hydrogen) atoms. The number of hydrogen-bond donors (Lipinski definition) is 3. The summed E-state index contributed by atoms with van der Waals surface area (Å²) in [5, 5.41) is 8.00. The second-order valence-corrected chi connectivity index (χ2v) is 9.25. The third-order valence-corrected chi connectivity index (χ3v) is 6.80. The zero-order chi connectivity index (χ0) is 23.8. The number of ether oxygens (including phenoxy) is 1. The molecule has 0 spiro atoms. The van der Waals surface area contributed by atoms with Gasteiger partial charge in [-0.3, -0.25) is 14.4 Å². The Balaban J connectivity index is 1.46. The molecule has 10 nitrogen and oxygen atoms in total. The van der Waals surface area contributed by atoms with E-state index < -0.39 is 10.0 Å². The van der Waals surface area contributed by atoms with Crippen molar-refractivity contribution >= 4 is 33.4 Å². The fourth-order valence-electron chi connectivity index (χ4n) is 3.18. The van der Waals surface area contributed by atoms with E-state index in [9.17, 15) is 22.8 Å². The molecule has 2 aromatic carbocycles. The van der Waals surface area contributed by atoms with E-state index in [1.54, 1.807) is 24.3 Å². The Morgan fingerprint density at radius 3 is 1.82 bits per heavy atom. The van der Waals surface area contributed by atoms with Crippen molar-refractivity contribution in [1.29, 1.82) is 0 Å². The van der Waals surface area contributed by atoms with Crippen LogP contribution in [0.2, 0.25) is 0 Å². The summed E-state index contributed by atoms with van der Waals surface area (Å²) in [7, 11) is -3.62. The van der Waals surface area contributed by atoms with Crippen molar-refractivity contribution in [3.8, 4) is 0 Å². The van der Waals surface area contributed by atoms with E-state index in [0.717, 1.165) is 0 Å². The Morgan fingerprint density at radius 2 is 1.33 bits per heavy atom. The topological polar surface area (TPSA) is 134 Å². The van der Waals surface area contributed by atoms with E-state index in [-0.39, 0.29) is 35.7 Å². The van der Waals surface area contributed by atoms with Crippen molar-refractivity contribution in [2.45, 2.75) is 11.8 Å². The first-order chi connectivity index (χ1) is 15.8. The Kier molecular flexibility index (Phi) is 8.15. The van der Waals surface area contributed by atoms with Gasteiger partial charge in [0.15, 0.2) is 0 Å². The van der Waals surface area contributed by atoms with Crippen molar-refractivity contribution in [3.63, 3.8) is 0 Å². The number of nitrogens with one attached hydrogen (secondary N) is 3. The molecule has 1 aliphatic rings.